The molecule has 0 aliphatic carbocycles. The smallest absolute Gasteiger partial charge is 0.338 e. The molecule has 1 aliphatic heterocycles. The zero-order chi connectivity index (χ0) is 23.5. The normalized spacial score (nSPS) is 12.5. The Labute approximate surface area is 198 Å². The summed E-state index contributed by atoms with van der Waals surface area (Å²) in [6.45, 7) is -0.502. The molecule has 0 spiro atoms. The number of nitrogens with zero attached hydrogens (tertiary/aromatic N) is 1. The number of rotatable bonds is 6. The molecule has 3 aromatic rings. The lowest BCUT2D eigenvalue weighted by atomic mass is 10.1. The van der Waals surface area contributed by atoms with Gasteiger partial charge in [0.2, 0.25) is 0 Å². The van der Waals surface area contributed by atoms with Gasteiger partial charge in [-0.2, -0.15) is 0 Å². The summed E-state index contributed by atoms with van der Waals surface area (Å²) in [6, 6.07) is 17.8. The van der Waals surface area contributed by atoms with Crippen molar-refractivity contribution >= 4 is 58.4 Å². The van der Waals surface area contributed by atoms with Crippen molar-refractivity contribution in [3.63, 3.8) is 0 Å². The summed E-state index contributed by atoms with van der Waals surface area (Å²) in [5, 5.41) is 2.91. The van der Waals surface area contributed by atoms with E-state index in [9.17, 15) is 19.2 Å². The third kappa shape index (κ3) is 4.62. The van der Waals surface area contributed by atoms with Gasteiger partial charge in [-0.1, -0.05) is 29.8 Å². The van der Waals surface area contributed by atoms with E-state index in [4.69, 9.17) is 16.3 Å². The lowest BCUT2D eigenvalue weighted by molar-refractivity contribution is -0.119. The molecule has 7 nitrogen and oxygen atoms in total. The van der Waals surface area contributed by atoms with Crippen molar-refractivity contribution in [3.05, 3.63) is 88.4 Å². The van der Waals surface area contributed by atoms with E-state index in [0.29, 0.717) is 5.69 Å². The van der Waals surface area contributed by atoms with E-state index in [-0.39, 0.29) is 27.4 Å². The van der Waals surface area contributed by atoms with Crippen LogP contribution >= 0.6 is 23.4 Å². The monoisotopic (exact) mass is 480 g/mol. The number of esters is 1. The van der Waals surface area contributed by atoms with E-state index in [1.165, 1.54) is 30.0 Å². The average molecular weight is 481 g/mol. The van der Waals surface area contributed by atoms with Gasteiger partial charge in [-0.3, -0.25) is 14.4 Å². The van der Waals surface area contributed by atoms with E-state index in [1.54, 1.807) is 36.4 Å². The third-order valence-electron chi connectivity index (χ3n) is 4.90. The molecule has 9 heteroatoms. The van der Waals surface area contributed by atoms with Gasteiger partial charge in [0.15, 0.2) is 6.61 Å². The molecule has 0 fully saturated rings. The summed E-state index contributed by atoms with van der Waals surface area (Å²) in [6.07, 6.45) is 1.92. The van der Waals surface area contributed by atoms with Crippen LogP contribution in [0, 0.1) is 0 Å². The Kier molecular flexibility index (Phi) is 6.48. The molecular formula is C24H17ClN2O5S. The maximum Gasteiger partial charge on any atom is 0.338 e. The second kappa shape index (κ2) is 9.48. The number of anilines is 2. The molecule has 0 unspecified atom stereocenters. The maximum atomic E-state index is 12.9. The van der Waals surface area contributed by atoms with Gasteiger partial charge in [0, 0.05) is 10.6 Å². The van der Waals surface area contributed by atoms with Crippen LogP contribution in [0.4, 0.5) is 11.4 Å². The number of carbonyl (C=O) groups excluding carboxylic acids is 4. The zero-order valence-corrected chi connectivity index (χ0v) is 18.9. The first-order valence-electron chi connectivity index (χ1n) is 9.77. The van der Waals surface area contributed by atoms with Crippen LogP contribution < -0.4 is 10.2 Å². The number of para-hydroxylation sites is 1. The van der Waals surface area contributed by atoms with E-state index in [2.05, 4.69) is 5.32 Å². The number of fused-ring (bicyclic) bond motifs is 1. The number of amides is 3. The topological polar surface area (TPSA) is 92.8 Å². The molecule has 0 saturated heterocycles. The largest absolute Gasteiger partial charge is 0.452 e. The van der Waals surface area contributed by atoms with E-state index < -0.39 is 30.3 Å². The van der Waals surface area contributed by atoms with Gasteiger partial charge < -0.3 is 10.1 Å². The first kappa shape index (κ1) is 22.6. The maximum absolute atomic E-state index is 12.9. The van der Waals surface area contributed by atoms with Crippen molar-refractivity contribution in [2.75, 3.05) is 23.1 Å². The van der Waals surface area contributed by atoms with E-state index in [0.717, 1.165) is 9.80 Å². The van der Waals surface area contributed by atoms with Crippen LogP contribution in [-0.4, -0.2) is 36.6 Å². The molecule has 1 N–H and O–H groups in total. The average Bonchev–Trinajstić information content (AvgIpc) is 3.07. The Morgan fingerprint density at radius 3 is 2.48 bits per heavy atom. The van der Waals surface area contributed by atoms with Crippen molar-refractivity contribution < 1.29 is 23.9 Å². The highest BCUT2D eigenvalue weighted by Crippen LogP contribution is 2.33. The van der Waals surface area contributed by atoms with Gasteiger partial charge in [0.25, 0.3) is 17.7 Å². The summed E-state index contributed by atoms with van der Waals surface area (Å²) in [7, 11) is 0. The van der Waals surface area contributed by atoms with Gasteiger partial charge in [-0.15, -0.1) is 11.8 Å². The minimum absolute atomic E-state index is 0.0492. The molecule has 1 aliphatic rings. The third-order valence-corrected chi connectivity index (χ3v) is 5.95. The van der Waals surface area contributed by atoms with E-state index in [1.807, 2.05) is 18.4 Å². The Morgan fingerprint density at radius 1 is 0.970 bits per heavy atom. The molecule has 0 aromatic heterocycles. The van der Waals surface area contributed by atoms with Gasteiger partial charge in [0.1, 0.15) is 0 Å². The fourth-order valence-electron chi connectivity index (χ4n) is 3.33. The lowest BCUT2D eigenvalue weighted by Gasteiger charge is -2.15. The van der Waals surface area contributed by atoms with Crippen LogP contribution in [0.2, 0.25) is 5.02 Å². The van der Waals surface area contributed by atoms with Crippen LogP contribution in [0.15, 0.2) is 71.6 Å². The number of hydrogen-bond acceptors (Lipinski definition) is 6. The van der Waals surface area contributed by atoms with Gasteiger partial charge in [0.05, 0.1) is 27.4 Å². The molecule has 0 atom stereocenters. The van der Waals surface area contributed by atoms with Crippen LogP contribution in [0.5, 0.6) is 0 Å². The second-order valence-electron chi connectivity index (χ2n) is 7.01. The molecule has 3 aromatic carbocycles. The zero-order valence-electron chi connectivity index (χ0n) is 17.3. The molecule has 0 saturated carbocycles. The Bertz CT molecular complexity index is 1290. The SMILES string of the molecule is CSc1cccc(NC(=O)COC(=O)c2ccc3c(c2)C(=O)N(c2ccccc2Cl)C3=O)c1. The van der Waals surface area contributed by atoms with Crippen LogP contribution in [0.3, 0.4) is 0 Å². The van der Waals surface area contributed by atoms with Gasteiger partial charge in [-0.05, 0) is 54.8 Å². The molecule has 33 heavy (non-hydrogen) atoms. The molecule has 166 valence electrons. The van der Waals surface area contributed by atoms with Crippen LogP contribution in [0.1, 0.15) is 31.1 Å². The molecular weight excluding hydrogens is 464 g/mol. The Balaban J connectivity index is 1.45. The van der Waals surface area contributed by atoms with Crippen molar-refractivity contribution in [1.82, 2.24) is 0 Å². The van der Waals surface area contributed by atoms with Crippen molar-refractivity contribution in [2.45, 2.75) is 4.90 Å². The second-order valence-corrected chi connectivity index (χ2v) is 8.30. The Hall–Kier alpha value is -3.62. The highest BCUT2D eigenvalue weighted by Gasteiger charge is 2.38. The first-order chi connectivity index (χ1) is 15.9. The summed E-state index contributed by atoms with van der Waals surface area (Å²) in [4.78, 5) is 52.2. The summed E-state index contributed by atoms with van der Waals surface area (Å²) >= 11 is 7.68. The molecule has 0 bridgehead atoms. The number of benzene rings is 3. The number of halogens is 1. The summed E-state index contributed by atoms with van der Waals surface area (Å²) in [5.74, 6) is -2.42. The predicted octanol–water partition coefficient (Wildman–Crippen LogP) is 4.66. The fraction of sp³-hybridized carbons (Fsp3) is 0.0833. The number of ether oxygens (including phenoxy) is 1. The number of imide groups is 1. The standard InChI is InChI=1S/C24H17ClN2O5S/c1-33-16-6-4-5-15(12-16)26-21(28)13-32-24(31)14-9-10-17-18(11-14)23(30)27(22(17)29)20-8-3-2-7-19(20)25/h2-12H,13H2,1H3,(H,26,28). The quantitative estimate of drug-likeness (QED) is 0.313. The molecule has 1 heterocycles. The Morgan fingerprint density at radius 2 is 1.73 bits per heavy atom. The minimum Gasteiger partial charge on any atom is -0.452 e. The van der Waals surface area contributed by atoms with Crippen molar-refractivity contribution in [1.29, 1.82) is 0 Å². The number of thioether (sulfide) groups is 1. The predicted molar refractivity (Wildman–Crippen MR) is 126 cm³/mol. The van der Waals surface area contributed by atoms with Gasteiger partial charge in [-0.25, -0.2) is 9.69 Å². The fourth-order valence-corrected chi connectivity index (χ4v) is 4.01. The molecule has 3 amide bonds. The summed E-state index contributed by atoms with van der Waals surface area (Å²) < 4.78 is 5.08. The molecule has 0 radical (unpaired) electrons. The number of hydrogen-bond donors (Lipinski definition) is 1. The van der Waals surface area contributed by atoms with E-state index >= 15 is 0 Å². The highest BCUT2D eigenvalue weighted by molar-refractivity contribution is 7.98. The van der Waals surface area contributed by atoms with Crippen LogP contribution in [-0.2, 0) is 9.53 Å². The van der Waals surface area contributed by atoms with Gasteiger partial charge >= 0.3 is 5.97 Å². The van der Waals surface area contributed by atoms with Crippen molar-refractivity contribution in [3.8, 4) is 0 Å². The number of carbonyl (C=O) groups is 4. The summed E-state index contributed by atoms with van der Waals surface area (Å²) in [5.41, 5.74) is 1.12. The number of nitrogens with one attached hydrogen (secondary N) is 1. The highest BCUT2D eigenvalue weighted by atomic mass is 35.5. The minimum atomic E-state index is -0.790. The van der Waals surface area contributed by atoms with Crippen molar-refractivity contribution in [2.24, 2.45) is 0 Å². The lowest BCUT2D eigenvalue weighted by Crippen LogP contribution is -2.29. The van der Waals surface area contributed by atoms with Crippen LogP contribution in [0.25, 0.3) is 0 Å². The molecule has 4 rings (SSSR count). The first-order valence-corrected chi connectivity index (χ1v) is 11.4.